The van der Waals surface area contributed by atoms with Gasteiger partial charge in [-0.3, -0.25) is 0 Å². The van der Waals surface area contributed by atoms with Crippen LogP contribution in [0, 0.1) is 20.8 Å². The third-order valence-corrected chi connectivity index (χ3v) is 8.18. The molecule has 170 valence electrons. The lowest BCUT2D eigenvalue weighted by Gasteiger charge is -2.27. The van der Waals surface area contributed by atoms with Gasteiger partial charge in [-0.15, -0.1) is 0 Å². The lowest BCUT2D eigenvalue weighted by Crippen LogP contribution is -2.09. The number of benzene rings is 5. The molecule has 1 nitrogen and oxygen atoms in total. The van der Waals surface area contributed by atoms with Crippen LogP contribution in [-0.4, -0.2) is 5.11 Å². The summed E-state index contributed by atoms with van der Waals surface area (Å²) in [5.41, 5.74) is 7.28. The zero-order valence-electron chi connectivity index (χ0n) is 19.6. The fraction of sp³-hybridized carbons (Fsp3) is 0.161. The summed E-state index contributed by atoms with van der Waals surface area (Å²) in [4.78, 5) is 0. The second-order valence-electron chi connectivity index (χ2n) is 8.99. The van der Waals surface area contributed by atoms with Crippen molar-refractivity contribution in [2.45, 2.75) is 31.3 Å². The molecule has 0 aromatic heterocycles. The maximum Gasteiger partial charge on any atom is 0.122 e. The lowest BCUT2D eigenvalue weighted by molar-refractivity contribution is 0.464. The summed E-state index contributed by atoms with van der Waals surface area (Å²) in [7, 11) is 0. The Morgan fingerprint density at radius 1 is 0.529 bits per heavy atom. The third kappa shape index (κ3) is 3.68. The van der Waals surface area contributed by atoms with Gasteiger partial charge in [-0.1, -0.05) is 84.9 Å². The van der Waals surface area contributed by atoms with Crippen molar-refractivity contribution < 1.29 is 5.11 Å². The van der Waals surface area contributed by atoms with E-state index in [9.17, 15) is 5.11 Å². The second kappa shape index (κ2) is 9.05. The van der Waals surface area contributed by atoms with Crippen molar-refractivity contribution >= 4 is 46.8 Å². The van der Waals surface area contributed by atoms with Crippen molar-refractivity contribution in [1.29, 1.82) is 0 Å². The molecular formula is C31H28OS2. The van der Waals surface area contributed by atoms with Gasteiger partial charge in [0, 0.05) is 0 Å². The quantitative estimate of drug-likeness (QED) is 0.220. The number of phenols is 1. The molecule has 34 heavy (non-hydrogen) atoms. The maximum atomic E-state index is 11.2. The van der Waals surface area contributed by atoms with E-state index in [4.69, 9.17) is 25.3 Å². The first kappa shape index (κ1) is 22.9. The molecule has 5 aromatic carbocycles. The minimum Gasteiger partial charge on any atom is -0.507 e. The van der Waals surface area contributed by atoms with Gasteiger partial charge >= 0.3 is 0 Å². The summed E-state index contributed by atoms with van der Waals surface area (Å²) in [6.07, 6.45) is 0. The fourth-order valence-electron chi connectivity index (χ4n) is 5.35. The topological polar surface area (TPSA) is 20.2 Å². The van der Waals surface area contributed by atoms with E-state index >= 15 is 0 Å². The Hall–Kier alpha value is -2.88. The number of aromatic hydroxyl groups is 1. The van der Waals surface area contributed by atoms with Gasteiger partial charge in [-0.2, -0.15) is 25.3 Å². The highest BCUT2D eigenvalue weighted by atomic mass is 32.1. The van der Waals surface area contributed by atoms with Crippen molar-refractivity contribution in [1.82, 2.24) is 0 Å². The summed E-state index contributed by atoms with van der Waals surface area (Å²) in [6.45, 7) is 6.13. The summed E-state index contributed by atoms with van der Waals surface area (Å²) < 4.78 is 0. The van der Waals surface area contributed by atoms with Gasteiger partial charge in [0.2, 0.25) is 0 Å². The Balaban J connectivity index is 1.72. The van der Waals surface area contributed by atoms with Gasteiger partial charge in [0.1, 0.15) is 5.75 Å². The predicted octanol–water partition coefficient (Wildman–Crippen LogP) is 8.66. The number of hydrogen-bond acceptors (Lipinski definition) is 3. The monoisotopic (exact) mass is 480 g/mol. The fourth-order valence-corrected chi connectivity index (χ4v) is 6.58. The van der Waals surface area contributed by atoms with Crippen LogP contribution in [0.4, 0.5) is 0 Å². The average molecular weight is 481 g/mol. The SMILES string of the molecule is Cc1c(O)c(C)c(C(S)c2cccc3ccccc23)c(C)c1C(S)c1cccc2ccccc12. The Bertz CT molecular complexity index is 1410. The minimum absolute atomic E-state index is 0.176. The molecule has 0 radical (unpaired) electrons. The molecule has 0 aliphatic heterocycles. The zero-order chi connectivity index (χ0) is 24.0. The first-order chi connectivity index (χ1) is 16.4. The van der Waals surface area contributed by atoms with Gasteiger partial charge in [0.25, 0.3) is 0 Å². The Morgan fingerprint density at radius 2 is 0.912 bits per heavy atom. The summed E-state index contributed by atoms with van der Waals surface area (Å²) >= 11 is 10.3. The van der Waals surface area contributed by atoms with E-state index in [-0.39, 0.29) is 10.5 Å². The summed E-state index contributed by atoms with van der Waals surface area (Å²) in [6, 6.07) is 29.5. The van der Waals surface area contributed by atoms with Gasteiger partial charge in [-0.05, 0) is 81.3 Å². The highest BCUT2D eigenvalue weighted by molar-refractivity contribution is 7.81. The molecule has 0 saturated heterocycles. The van der Waals surface area contributed by atoms with Crippen molar-refractivity contribution in [2.24, 2.45) is 0 Å². The lowest BCUT2D eigenvalue weighted by atomic mass is 9.84. The largest absolute Gasteiger partial charge is 0.507 e. The molecule has 2 unspecified atom stereocenters. The molecule has 5 aromatic rings. The molecule has 1 N–H and O–H groups in total. The van der Waals surface area contributed by atoms with Crippen molar-refractivity contribution in [3.63, 3.8) is 0 Å². The number of fused-ring (bicyclic) bond motifs is 2. The van der Waals surface area contributed by atoms with E-state index in [0.29, 0.717) is 5.75 Å². The molecular weight excluding hydrogens is 452 g/mol. The molecule has 3 heteroatoms. The number of thiol groups is 2. The van der Waals surface area contributed by atoms with Crippen LogP contribution < -0.4 is 0 Å². The van der Waals surface area contributed by atoms with Crippen molar-refractivity contribution in [2.75, 3.05) is 0 Å². The first-order valence-electron chi connectivity index (χ1n) is 11.5. The maximum absolute atomic E-state index is 11.2. The van der Waals surface area contributed by atoms with Gasteiger partial charge in [-0.25, -0.2) is 0 Å². The van der Waals surface area contributed by atoms with Crippen LogP contribution in [0.2, 0.25) is 0 Å². The molecule has 0 saturated carbocycles. The second-order valence-corrected chi connectivity index (χ2v) is 10.0. The minimum atomic E-state index is -0.176. The molecule has 0 aliphatic rings. The summed E-state index contributed by atoms with van der Waals surface area (Å²) in [5, 5.41) is 15.6. The zero-order valence-corrected chi connectivity index (χ0v) is 21.4. The van der Waals surface area contributed by atoms with Gasteiger partial charge < -0.3 is 5.11 Å². The highest BCUT2D eigenvalue weighted by Gasteiger charge is 2.27. The molecule has 0 amide bonds. The van der Waals surface area contributed by atoms with Crippen LogP contribution in [0.5, 0.6) is 5.75 Å². The van der Waals surface area contributed by atoms with Crippen LogP contribution in [0.3, 0.4) is 0 Å². The van der Waals surface area contributed by atoms with Crippen LogP contribution in [-0.2, 0) is 0 Å². The molecule has 0 bridgehead atoms. The summed E-state index contributed by atoms with van der Waals surface area (Å²) in [5.74, 6) is 0.328. The van der Waals surface area contributed by atoms with E-state index in [1.165, 1.54) is 21.5 Å². The predicted molar refractivity (Wildman–Crippen MR) is 152 cm³/mol. The number of hydrogen-bond donors (Lipinski definition) is 3. The van der Waals surface area contributed by atoms with E-state index in [1.54, 1.807) is 0 Å². The van der Waals surface area contributed by atoms with Gasteiger partial charge in [0.05, 0.1) is 10.5 Å². The normalized spacial score (nSPS) is 13.3. The molecule has 0 fully saturated rings. The molecule has 5 rings (SSSR count). The molecule has 2 atom stereocenters. The third-order valence-electron chi connectivity index (χ3n) is 7.11. The van der Waals surface area contributed by atoms with Crippen molar-refractivity contribution in [3.05, 3.63) is 124 Å². The van der Waals surface area contributed by atoms with Crippen LogP contribution >= 0.6 is 25.3 Å². The Kier molecular flexibility index (Phi) is 6.09. The average Bonchev–Trinajstić information content (AvgIpc) is 2.86. The Morgan fingerprint density at radius 3 is 1.35 bits per heavy atom. The molecule has 0 spiro atoms. The smallest absolute Gasteiger partial charge is 0.122 e. The number of phenolic OH excluding ortho intramolecular Hbond substituents is 1. The van der Waals surface area contributed by atoms with E-state index in [1.807, 2.05) is 13.8 Å². The van der Waals surface area contributed by atoms with Crippen LogP contribution in [0.1, 0.15) is 49.4 Å². The van der Waals surface area contributed by atoms with Crippen molar-refractivity contribution in [3.8, 4) is 5.75 Å². The highest BCUT2D eigenvalue weighted by Crippen LogP contribution is 2.46. The van der Waals surface area contributed by atoms with E-state index in [2.05, 4.69) is 91.9 Å². The standard InChI is InChI=1S/C31H28OS2/c1-18-27(30(33)25-16-8-12-21-10-4-6-14-23(21)25)19(2)29(32)20(3)28(18)31(34)26-17-9-13-22-11-5-7-15-24(22)26/h4-17,30-34H,1-3H3. The van der Waals surface area contributed by atoms with Crippen LogP contribution in [0.25, 0.3) is 21.5 Å². The Labute approximate surface area is 212 Å². The van der Waals surface area contributed by atoms with Gasteiger partial charge in [0.15, 0.2) is 0 Å². The molecule has 0 aliphatic carbocycles. The van der Waals surface area contributed by atoms with E-state index in [0.717, 1.165) is 38.9 Å². The number of rotatable bonds is 4. The van der Waals surface area contributed by atoms with Crippen LogP contribution in [0.15, 0.2) is 84.9 Å². The van der Waals surface area contributed by atoms with E-state index < -0.39 is 0 Å². The molecule has 0 heterocycles. The first-order valence-corrected chi connectivity index (χ1v) is 12.6.